The maximum Gasteiger partial charge on any atom is 0.270 e. The molecule has 2 aromatic rings. The van der Waals surface area contributed by atoms with Gasteiger partial charge in [-0.3, -0.25) is 9.79 Å². The van der Waals surface area contributed by atoms with Gasteiger partial charge in [-0.15, -0.1) is 0 Å². The number of aliphatic imine (C=N–C) groups is 1. The number of carbonyl (C=O) groups excluding carboxylic acids is 1. The number of hydrogen-bond donors (Lipinski definition) is 1. The number of rotatable bonds is 7. The van der Waals surface area contributed by atoms with Crippen LogP contribution in [0.15, 0.2) is 47.5 Å². The van der Waals surface area contributed by atoms with Crippen molar-refractivity contribution < 1.29 is 14.3 Å². The minimum absolute atomic E-state index is 0.174. The summed E-state index contributed by atoms with van der Waals surface area (Å²) >= 11 is 0. The highest BCUT2D eigenvalue weighted by molar-refractivity contribution is 6.45. The summed E-state index contributed by atoms with van der Waals surface area (Å²) in [5.74, 6) is 1.20. The van der Waals surface area contributed by atoms with Gasteiger partial charge in [-0.05, 0) is 31.0 Å². The highest BCUT2D eigenvalue weighted by Crippen LogP contribution is 2.27. The van der Waals surface area contributed by atoms with Crippen LogP contribution in [0.3, 0.4) is 0 Å². The van der Waals surface area contributed by atoms with Gasteiger partial charge in [-0.1, -0.05) is 35.9 Å². The fourth-order valence-corrected chi connectivity index (χ4v) is 2.51. The second-order valence-corrected chi connectivity index (χ2v) is 5.63. The summed E-state index contributed by atoms with van der Waals surface area (Å²) in [6.45, 7) is 2.52. The first-order valence-corrected chi connectivity index (χ1v) is 8.12. The molecule has 132 valence electrons. The normalized spacial score (nSPS) is 11.1. The van der Waals surface area contributed by atoms with Gasteiger partial charge >= 0.3 is 0 Å². The first kappa shape index (κ1) is 18.5. The lowest BCUT2D eigenvalue weighted by Crippen LogP contribution is -2.33. The van der Waals surface area contributed by atoms with Crippen molar-refractivity contribution in [1.82, 2.24) is 5.32 Å². The predicted octanol–water partition coefficient (Wildman–Crippen LogP) is 2.79. The van der Waals surface area contributed by atoms with Crippen molar-refractivity contribution in [1.29, 1.82) is 0 Å². The lowest BCUT2D eigenvalue weighted by atomic mass is 10.1. The van der Waals surface area contributed by atoms with E-state index < -0.39 is 0 Å². The average molecular weight is 340 g/mol. The molecule has 2 aromatic carbocycles. The number of nitrogens with one attached hydrogen (secondary N) is 1. The number of benzene rings is 2. The number of nitrogens with zero attached hydrogens (tertiary/aromatic N) is 1. The van der Waals surface area contributed by atoms with Crippen LogP contribution in [0.25, 0.3) is 0 Å². The summed E-state index contributed by atoms with van der Waals surface area (Å²) in [7, 11) is 4.84. The van der Waals surface area contributed by atoms with E-state index in [4.69, 9.17) is 9.47 Å². The largest absolute Gasteiger partial charge is 0.493 e. The van der Waals surface area contributed by atoms with Crippen molar-refractivity contribution in [2.45, 2.75) is 13.3 Å². The predicted molar refractivity (Wildman–Crippen MR) is 99.9 cm³/mol. The summed E-state index contributed by atoms with van der Waals surface area (Å²) in [4.78, 5) is 16.5. The van der Waals surface area contributed by atoms with E-state index in [1.165, 1.54) is 0 Å². The Kier molecular flexibility index (Phi) is 6.57. The van der Waals surface area contributed by atoms with Gasteiger partial charge in [-0.2, -0.15) is 0 Å². The third-order valence-electron chi connectivity index (χ3n) is 3.91. The molecule has 0 aromatic heterocycles. The zero-order chi connectivity index (χ0) is 18.2. The van der Waals surface area contributed by atoms with Crippen molar-refractivity contribution >= 4 is 11.6 Å². The highest BCUT2D eigenvalue weighted by atomic mass is 16.5. The smallest absolute Gasteiger partial charge is 0.270 e. The SMILES string of the molecule is CN=C(C(=O)NCCc1ccc(OC)c(OC)c1)c1ccc(C)cc1. The van der Waals surface area contributed by atoms with Crippen LogP contribution in [0, 0.1) is 6.92 Å². The molecule has 0 saturated heterocycles. The van der Waals surface area contributed by atoms with Crippen LogP contribution in [0.2, 0.25) is 0 Å². The fourth-order valence-electron chi connectivity index (χ4n) is 2.51. The molecule has 0 atom stereocenters. The lowest BCUT2D eigenvalue weighted by Gasteiger charge is -2.11. The molecule has 0 aliphatic carbocycles. The average Bonchev–Trinajstić information content (AvgIpc) is 2.63. The molecule has 0 aliphatic heterocycles. The van der Waals surface area contributed by atoms with Crippen molar-refractivity contribution in [3.8, 4) is 11.5 Å². The molecule has 2 rings (SSSR count). The molecule has 0 fully saturated rings. The van der Waals surface area contributed by atoms with E-state index in [2.05, 4.69) is 10.3 Å². The summed E-state index contributed by atoms with van der Waals surface area (Å²) < 4.78 is 10.5. The fraction of sp³-hybridized carbons (Fsp3) is 0.300. The van der Waals surface area contributed by atoms with E-state index in [1.54, 1.807) is 21.3 Å². The van der Waals surface area contributed by atoms with Gasteiger partial charge in [-0.25, -0.2) is 0 Å². The molecule has 0 unspecified atom stereocenters. The lowest BCUT2D eigenvalue weighted by molar-refractivity contribution is -0.114. The second kappa shape index (κ2) is 8.87. The van der Waals surface area contributed by atoms with Crippen LogP contribution in [0.4, 0.5) is 0 Å². The van der Waals surface area contributed by atoms with E-state index in [1.807, 2.05) is 49.4 Å². The Morgan fingerprint density at radius 3 is 2.32 bits per heavy atom. The Balaban J connectivity index is 1.96. The minimum atomic E-state index is -0.174. The molecular formula is C20H24N2O3. The monoisotopic (exact) mass is 340 g/mol. The van der Waals surface area contributed by atoms with Gasteiger partial charge < -0.3 is 14.8 Å². The Hall–Kier alpha value is -2.82. The summed E-state index contributed by atoms with van der Waals surface area (Å²) in [6.07, 6.45) is 0.691. The maximum absolute atomic E-state index is 12.4. The van der Waals surface area contributed by atoms with E-state index in [0.717, 1.165) is 16.7 Å². The van der Waals surface area contributed by atoms with Gasteiger partial charge in [0.1, 0.15) is 5.71 Å². The van der Waals surface area contributed by atoms with Gasteiger partial charge in [0.2, 0.25) is 0 Å². The number of ether oxygens (including phenoxy) is 2. The van der Waals surface area contributed by atoms with Crippen molar-refractivity contribution in [3.05, 3.63) is 59.2 Å². The standard InChI is InChI=1S/C20H24N2O3/c1-14-5-8-16(9-6-14)19(21-2)20(23)22-12-11-15-7-10-17(24-3)18(13-15)25-4/h5-10,13H,11-12H2,1-4H3,(H,22,23). The van der Waals surface area contributed by atoms with Crippen LogP contribution in [-0.4, -0.2) is 39.4 Å². The summed E-state index contributed by atoms with van der Waals surface area (Å²) in [6, 6.07) is 13.5. The topological polar surface area (TPSA) is 59.9 Å². The van der Waals surface area contributed by atoms with E-state index in [-0.39, 0.29) is 5.91 Å². The molecular weight excluding hydrogens is 316 g/mol. The van der Waals surface area contributed by atoms with Crippen LogP contribution in [-0.2, 0) is 11.2 Å². The zero-order valence-corrected chi connectivity index (χ0v) is 15.1. The zero-order valence-electron chi connectivity index (χ0n) is 15.1. The van der Waals surface area contributed by atoms with E-state index in [0.29, 0.717) is 30.2 Å². The third kappa shape index (κ3) is 4.83. The number of aryl methyl sites for hydroxylation is 1. The molecule has 25 heavy (non-hydrogen) atoms. The Bertz CT molecular complexity index is 752. The van der Waals surface area contributed by atoms with Crippen LogP contribution < -0.4 is 14.8 Å². The minimum Gasteiger partial charge on any atom is -0.493 e. The second-order valence-electron chi connectivity index (χ2n) is 5.63. The molecule has 0 radical (unpaired) electrons. The van der Waals surface area contributed by atoms with Gasteiger partial charge in [0.25, 0.3) is 5.91 Å². The van der Waals surface area contributed by atoms with Crippen molar-refractivity contribution in [2.75, 3.05) is 27.8 Å². The number of amides is 1. The van der Waals surface area contributed by atoms with Crippen LogP contribution in [0.1, 0.15) is 16.7 Å². The molecule has 1 amide bonds. The first-order chi connectivity index (χ1) is 12.1. The summed E-state index contributed by atoms with van der Waals surface area (Å²) in [5, 5.41) is 2.92. The number of hydrogen-bond acceptors (Lipinski definition) is 4. The molecule has 0 heterocycles. The molecule has 0 saturated carbocycles. The van der Waals surface area contributed by atoms with Crippen molar-refractivity contribution in [3.63, 3.8) is 0 Å². The van der Waals surface area contributed by atoms with Gasteiger partial charge in [0, 0.05) is 19.2 Å². The molecule has 1 N–H and O–H groups in total. The molecule has 5 heteroatoms. The molecule has 0 aliphatic rings. The summed E-state index contributed by atoms with van der Waals surface area (Å²) in [5.41, 5.74) is 3.46. The van der Waals surface area contributed by atoms with Gasteiger partial charge in [0.15, 0.2) is 11.5 Å². The number of carbonyl (C=O) groups is 1. The Morgan fingerprint density at radius 2 is 1.72 bits per heavy atom. The molecule has 0 spiro atoms. The maximum atomic E-state index is 12.4. The first-order valence-electron chi connectivity index (χ1n) is 8.12. The van der Waals surface area contributed by atoms with Crippen LogP contribution >= 0.6 is 0 Å². The van der Waals surface area contributed by atoms with E-state index in [9.17, 15) is 4.79 Å². The molecule has 0 bridgehead atoms. The van der Waals surface area contributed by atoms with E-state index >= 15 is 0 Å². The number of methoxy groups -OCH3 is 2. The van der Waals surface area contributed by atoms with Gasteiger partial charge in [0.05, 0.1) is 14.2 Å². The Morgan fingerprint density at radius 1 is 1.04 bits per heavy atom. The Labute approximate surface area is 148 Å². The molecule has 5 nitrogen and oxygen atoms in total. The highest BCUT2D eigenvalue weighted by Gasteiger charge is 2.12. The quantitative estimate of drug-likeness (QED) is 0.789. The third-order valence-corrected chi connectivity index (χ3v) is 3.91. The van der Waals surface area contributed by atoms with Crippen molar-refractivity contribution in [2.24, 2.45) is 4.99 Å². The van der Waals surface area contributed by atoms with Crippen LogP contribution in [0.5, 0.6) is 11.5 Å².